The van der Waals surface area contributed by atoms with Crippen molar-refractivity contribution >= 4 is 11.8 Å². The van der Waals surface area contributed by atoms with Crippen LogP contribution in [0.1, 0.15) is 24.0 Å². The molecule has 0 saturated carbocycles. The molecule has 1 atom stereocenters. The van der Waals surface area contributed by atoms with Crippen molar-refractivity contribution in [2.75, 3.05) is 40.9 Å². The van der Waals surface area contributed by atoms with Crippen LogP contribution in [-0.2, 0) is 20.7 Å². The van der Waals surface area contributed by atoms with Crippen molar-refractivity contribution in [2.24, 2.45) is 5.41 Å². The number of ether oxygens (including phenoxy) is 1. The van der Waals surface area contributed by atoms with Gasteiger partial charge >= 0.3 is 0 Å². The number of hydrogen-bond donors (Lipinski definition) is 0. The van der Waals surface area contributed by atoms with E-state index in [2.05, 4.69) is 55.5 Å². The first-order chi connectivity index (χ1) is 14.3. The molecule has 1 aliphatic rings. The molecule has 0 radical (unpaired) electrons. The smallest absolute Gasteiger partial charge is 0.248 e. The molecule has 0 aliphatic carbocycles. The maximum absolute atomic E-state index is 13.3. The second kappa shape index (κ2) is 9.43. The van der Waals surface area contributed by atoms with Crippen molar-refractivity contribution in [1.29, 1.82) is 0 Å². The number of nitrogens with zero attached hydrogens (tertiary/aromatic N) is 2. The number of piperidine rings is 1. The van der Waals surface area contributed by atoms with Crippen LogP contribution in [0.4, 0.5) is 0 Å². The summed E-state index contributed by atoms with van der Waals surface area (Å²) in [5.74, 6) is 0.0278. The van der Waals surface area contributed by atoms with Crippen LogP contribution in [0.2, 0.25) is 0 Å². The molecular formula is C25H32N2O3. The fourth-order valence-electron chi connectivity index (χ4n) is 4.50. The quantitative estimate of drug-likeness (QED) is 0.735. The summed E-state index contributed by atoms with van der Waals surface area (Å²) in [7, 11) is 5.11. The molecule has 2 aromatic carbocycles. The summed E-state index contributed by atoms with van der Waals surface area (Å²) in [6, 6.07) is 16.9. The van der Waals surface area contributed by atoms with E-state index in [9.17, 15) is 9.59 Å². The molecule has 0 spiro atoms. The van der Waals surface area contributed by atoms with E-state index in [1.54, 1.807) is 23.9 Å². The Morgan fingerprint density at radius 1 is 1.10 bits per heavy atom. The van der Waals surface area contributed by atoms with Gasteiger partial charge in [0.1, 0.15) is 6.61 Å². The van der Waals surface area contributed by atoms with Gasteiger partial charge in [-0.05, 0) is 42.9 Å². The lowest BCUT2D eigenvalue weighted by Crippen LogP contribution is -2.54. The number of amides is 2. The average Bonchev–Trinajstić information content (AvgIpc) is 2.73. The van der Waals surface area contributed by atoms with Gasteiger partial charge in [0.05, 0.1) is 5.41 Å². The van der Waals surface area contributed by atoms with Gasteiger partial charge in [0.25, 0.3) is 0 Å². The Morgan fingerprint density at radius 3 is 2.47 bits per heavy atom. The molecule has 0 aromatic heterocycles. The first-order valence-electron chi connectivity index (χ1n) is 10.5. The zero-order valence-corrected chi connectivity index (χ0v) is 18.5. The van der Waals surface area contributed by atoms with E-state index in [4.69, 9.17) is 4.74 Å². The molecule has 0 N–H and O–H groups in total. The molecule has 1 aliphatic heterocycles. The van der Waals surface area contributed by atoms with E-state index in [1.807, 2.05) is 0 Å². The Bertz CT molecular complexity index is 909. The predicted molar refractivity (Wildman–Crippen MR) is 119 cm³/mol. The van der Waals surface area contributed by atoms with E-state index in [0.717, 1.165) is 24.0 Å². The molecular weight excluding hydrogens is 376 g/mol. The van der Waals surface area contributed by atoms with Crippen LogP contribution in [-0.4, -0.2) is 62.5 Å². The standard InChI is InChI=1S/C25H32N2O3/c1-19-8-5-10-21(14-19)22-11-6-9-20(15-22)16-25(24(29)26(2)3)12-7-13-27(18-25)23(28)17-30-4/h5-6,8-11,14-15H,7,12-13,16-18H2,1-4H3. The number of methoxy groups -OCH3 is 1. The van der Waals surface area contributed by atoms with Crippen LogP contribution in [0.3, 0.4) is 0 Å². The summed E-state index contributed by atoms with van der Waals surface area (Å²) in [5.41, 5.74) is 4.04. The zero-order chi connectivity index (χ0) is 21.7. The minimum absolute atomic E-state index is 0.0507. The lowest BCUT2D eigenvalue weighted by Gasteiger charge is -2.43. The Hall–Kier alpha value is -2.66. The van der Waals surface area contributed by atoms with Crippen LogP contribution in [0, 0.1) is 12.3 Å². The van der Waals surface area contributed by atoms with Crippen LogP contribution < -0.4 is 0 Å². The minimum Gasteiger partial charge on any atom is -0.375 e. The SMILES string of the molecule is COCC(=O)N1CCCC(Cc2cccc(-c3cccc(C)c3)c2)(C(=O)N(C)C)C1. The highest BCUT2D eigenvalue weighted by molar-refractivity contribution is 5.85. The second-order valence-electron chi connectivity index (χ2n) is 8.58. The zero-order valence-electron chi connectivity index (χ0n) is 18.5. The molecule has 2 aromatic rings. The molecule has 5 heteroatoms. The van der Waals surface area contributed by atoms with E-state index in [1.165, 1.54) is 18.2 Å². The molecule has 1 saturated heterocycles. The van der Waals surface area contributed by atoms with Crippen LogP contribution in [0.25, 0.3) is 11.1 Å². The van der Waals surface area contributed by atoms with Gasteiger partial charge in [0.2, 0.25) is 11.8 Å². The van der Waals surface area contributed by atoms with E-state index >= 15 is 0 Å². The summed E-state index contributed by atoms with van der Waals surface area (Å²) < 4.78 is 5.04. The highest BCUT2D eigenvalue weighted by Gasteiger charge is 2.44. The molecule has 0 bridgehead atoms. The lowest BCUT2D eigenvalue weighted by atomic mass is 9.73. The van der Waals surface area contributed by atoms with Crippen LogP contribution in [0.15, 0.2) is 48.5 Å². The topological polar surface area (TPSA) is 49.9 Å². The largest absolute Gasteiger partial charge is 0.375 e. The predicted octanol–water partition coefficient (Wildman–Crippen LogP) is 3.55. The Labute approximate surface area is 179 Å². The highest BCUT2D eigenvalue weighted by atomic mass is 16.5. The minimum atomic E-state index is -0.615. The molecule has 2 amide bonds. The van der Waals surface area contributed by atoms with Gasteiger partial charge in [-0.25, -0.2) is 0 Å². The van der Waals surface area contributed by atoms with Crippen molar-refractivity contribution in [3.63, 3.8) is 0 Å². The van der Waals surface area contributed by atoms with Crippen molar-refractivity contribution in [2.45, 2.75) is 26.2 Å². The summed E-state index contributed by atoms with van der Waals surface area (Å²) in [6.45, 7) is 3.25. The van der Waals surface area contributed by atoms with Gasteiger partial charge in [0, 0.05) is 34.3 Å². The number of aryl methyl sites for hydroxylation is 1. The number of hydrogen-bond acceptors (Lipinski definition) is 3. The maximum Gasteiger partial charge on any atom is 0.248 e. The normalized spacial score (nSPS) is 18.9. The molecule has 160 valence electrons. The number of carbonyl (C=O) groups is 2. The van der Waals surface area contributed by atoms with Crippen LogP contribution >= 0.6 is 0 Å². The van der Waals surface area contributed by atoms with Crippen molar-refractivity contribution < 1.29 is 14.3 Å². The third-order valence-corrected chi connectivity index (χ3v) is 5.88. The Balaban J connectivity index is 1.92. The van der Waals surface area contributed by atoms with Gasteiger partial charge < -0.3 is 14.5 Å². The van der Waals surface area contributed by atoms with Crippen molar-refractivity contribution in [3.05, 3.63) is 59.7 Å². The van der Waals surface area contributed by atoms with Gasteiger partial charge in [-0.1, -0.05) is 54.1 Å². The Kier molecular flexibility index (Phi) is 6.93. The van der Waals surface area contributed by atoms with Crippen molar-refractivity contribution in [1.82, 2.24) is 9.80 Å². The van der Waals surface area contributed by atoms with Gasteiger partial charge in [-0.3, -0.25) is 9.59 Å². The fourth-order valence-corrected chi connectivity index (χ4v) is 4.50. The first-order valence-corrected chi connectivity index (χ1v) is 10.5. The third-order valence-electron chi connectivity index (χ3n) is 5.88. The Morgan fingerprint density at radius 2 is 1.80 bits per heavy atom. The van der Waals surface area contributed by atoms with Gasteiger partial charge in [0.15, 0.2) is 0 Å². The van der Waals surface area contributed by atoms with E-state index in [-0.39, 0.29) is 18.4 Å². The summed E-state index contributed by atoms with van der Waals surface area (Å²) in [5, 5.41) is 0. The number of carbonyl (C=O) groups excluding carboxylic acids is 2. The second-order valence-corrected chi connectivity index (χ2v) is 8.58. The molecule has 1 heterocycles. The molecule has 30 heavy (non-hydrogen) atoms. The lowest BCUT2D eigenvalue weighted by molar-refractivity contribution is -0.148. The van der Waals surface area contributed by atoms with Crippen molar-refractivity contribution in [3.8, 4) is 11.1 Å². The van der Waals surface area contributed by atoms with Gasteiger partial charge in [-0.15, -0.1) is 0 Å². The first kappa shape index (κ1) is 22.0. The summed E-state index contributed by atoms with van der Waals surface area (Å²) in [4.78, 5) is 29.2. The maximum atomic E-state index is 13.3. The third kappa shape index (κ3) is 4.90. The number of rotatable bonds is 6. The molecule has 3 rings (SSSR count). The van der Waals surface area contributed by atoms with Crippen LogP contribution in [0.5, 0.6) is 0 Å². The van der Waals surface area contributed by atoms with Gasteiger partial charge in [-0.2, -0.15) is 0 Å². The molecule has 5 nitrogen and oxygen atoms in total. The molecule has 1 fully saturated rings. The average molecular weight is 409 g/mol. The summed E-state index contributed by atoms with van der Waals surface area (Å²) >= 11 is 0. The fraction of sp³-hybridized carbons (Fsp3) is 0.440. The van der Waals surface area contributed by atoms with E-state index < -0.39 is 5.41 Å². The summed E-state index contributed by atoms with van der Waals surface area (Å²) in [6.07, 6.45) is 2.20. The number of benzene rings is 2. The number of likely N-dealkylation sites (tertiary alicyclic amines) is 1. The monoisotopic (exact) mass is 408 g/mol. The molecule has 1 unspecified atom stereocenters. The van der Waals surface area contributed by atoms with E-state index in [0.29, 0.717) is 19.5 Å². The highest BCUT2D eigenvalue weighted by Crippen LogP contribution is 2.36.